The molecule has 40 valence electrons. The Morgan fingerprint density at radius 3 is 2.38 bits per heavy atom. The van der Waals surface area contributed by atoms with Gasteiger partial charge in [-0.15, -0.1) is 0 Å². The van der Waals surface area contributed by atoms with Crippen molar-refractivity contribution < 1.29 is 35.3 Å². The van der Waals surface area contributed by atoms with Crippen molar-refractivity contribution in [2.45, 2.75) is 0 Å². The van der Waals surface area contributed by atoms with Crippen molar-refractivity contribution in [2.24, 2.45) is 0 Å². The first kappa shape index (κ1) is 9.09. The summed E-state index contributed by atoms with van der Waals surface area (Å²) in [7, 11) is 0. The van der Waals surface area contributed by atoms with Crippen LogP contribution in [0.2, 0.25) is 5.02 Å². The van der Waals surface area contributed by atoms with Crippen LogP contribution in [0.25, 0.3) is 0 Å². The van der Waals surface area contributed by atoms with Gasteiger partial charge in [0.15, 0.2) is 0 Å². The third-order valence-electron chi connectivity index (χ3n) is 0.691. The summed E-state index contributed by atoms with van der Waals surface area (Å²) >= 11 is 8.57. The SMILES string of the molecule is Clc1ccs[c]1[Zn+].[Br-]. The maximum Gasteiger partial charge on any atom is -1.00 e. The molecule has 0 atom stereocenters. The zero-order chi connectivity index (χ0) is 5.28. The number of rotatable bonds is 0. The Kier molecular flexibility index (Phi) is 4.54. The van der Waals surface area contributed by atoms with E-state index in [1.807, 2.05) is 11.4 Å². The smallest absolute Gasteiger partial charge is 1.00 e. The van der Waals surface area contributed by atoms with E-state index < -0.39 is 0 Å². The molecule has 0 N–H and O–H groups in total. The van der Waals surface area contributed by atoms with Crippen LogP contribution in [-0.4, -0.2) is 0 Å². The average Bonchev–Trinajstić information content (AvgIpc) is 1.91. The van der Waals surface area contributed by atoms with Gasteiger partial charge in [-0.25, -0.2) is 0 Å². The summed E-state index contributed by atoms with van der Waals surface area (Å²) in [6.45, 7) is 0. The largest absolute Gasteiger partial charge is 1.00 e. The molecule has 1 aromatic heterocycles. The van der Waals surface area contributed by atoms with Crippen molar-refractivity contribution in [1.82, 2.24) is 0 Å². The molecule has 1 rings (SSSR count). The molecule has 0 nitrogen and oxygen atoms in total. The molecule has 8 heavy (non-hydrogen) atoms. The van der Waals surface area contributed by atoms with Crippen molar-refractivity contribution >= 4 is 26.4 Å². The first-order valence-electron chi connectivity index (χ1n) is 1.85. The molecule has 0 aliphatic carbocycles. The molecule has 0 spiro atoms. The Morgan fingerprint density at radius 1 is 1.62 bits per heavy atom. The minimum atomic E-state index is 0. The Hall–Kier alpha value is 1.09. The van der Waals surface area contributed by atoms with Gasteiger partial charge < -0.3 is 17.0 Å². The molecule has 1 heterocycles. The van der Waals surface area contributed by atoms with Crippen LogP contribution in [-0.2, 0) is 18.3 Å². The van der Waals surface area contributed by atoms with E-state index in [0.717, 1.165) is 5.02 Å². The third-order valence-corrected chi connectivity index (χ3v) is 4.25. The second-order valence-corrected chi connectivity index (χ2v) is 5.16. The summed E-state index contributed by atoms with van der Waals surface area (Å²) in [4.78, 5) is 0. The van der Waals surface area contributed by atoms with E-state index in [4.69, 9.17) is 11.6 Å². The van der Waals surface area contributed by atoms with Gasteiger partial charge >= 0.3 is 61.2 Å². The minimum Gasteiger partial charge on any atom is -1.00 e. The second-order valence-electron chi connectivity index (χ2n) is 1.19. The molecular formula is C4H2BrClSZn. The monoisotopic (exact) mass is 260 g/mol. The predicted octanol–water partition coefficient (Wildman–Crippen LogP) is -1.42. The normalized spacial score (nSPS) is 8.38. The number of hydrogen-bond acceptors (Lipinski definition) is 1. The molecule has 1 aromatic rings. The first-order chi connectivity index (χ1) is 3.30. The van der Waals surface area contributed by atoms with Crippen LogP contribution in [0.4, 0.5) is 0 Å². The standard InChI is InChI=1S/C4H2ClS.BrH.Zn/c5-4-1-2-6-3-4;;/h1-2H;1H;/q;;+1/p-1. The van der Waals surface area contributed by atoms with Gasteiger partial charge in [0.05, 0.1) is 0 Å². The van der Waals surface area contributed by atoms with Crippen LogP contribution in [0, 0.1) is 0 Å². The van der Waals surface area contributed by atoms with Gasteiger partial charge in [-0.3, -0.25) is 0 Å². The molecule has 0 bridgehead atoms. The Bertz CT molecular complexity index is 148. The summed E-state index contributed by atoms with van der Waals surface area (Å²) in [5.41, 5.74) is 0. The summed E-state index contributed by atoms with van der Waals surface area (Å²) < 4.78 is 1.32. The zero-order valence-electron chi connectivity index (χ0n) is 4.03. The number of halogens is 2. The topological polar surface area (TPSA) is 0 Å². The fraction of sp³-hybridized carbons (Fsp3) is 0. The summed E-state index contributed by atoms with van der Waals surface area (Å²) in [6.07, 6.45) is 0. The third kappa shape index (κ3) is 2.14. The molecule has 0 aliphatic rings. The fourth-order valence-corrected chi connectivity index (χ4v) is 2.00. The van der Waals surface area contributed by atoms with Gasteiger partial charge in [-0.2, -0.15) is 0 Å². The van der Waals surface area contributed by atoms with Crippen molar-refractivity contribution in [3.8, 4) is 0 Å². The van der Waals surface area contributed by atoms with Gasteiger partial charge in [-0.05, 0) is 0 Å². The Labute approximate surface area is 77.7 Å². The van der Waals surface area contributed by atoms with E-state index in [2.05, 4.69) is 0 Å². The van der Waals surface area contributed by atoms with E-state index in [9.17, 15) is 0 Å². The molecular weight excluding hydrogens is 261 g/mol. The molecule has 0 amide bonds. The molecule has 4 heteroatoms. The summed E-state index contributed by atoms with van der Waals surface area (Å²) in [5.74, 6) is 0. The van der Waals surface area contributed by atoms with Crippen LogP contribution in [0.5, 0.6) is 0 Å². The van der Waals surface area contributed by atoms with Gasteiger partial charge in [0.1, 0.15) is 0 Å². The van der Waals surface area contributed by atoms with Gasteiger partial charge in [-0.1, -0.05) is 0 Å². The van der Waals surface area contributed by atoms with E-state index >= 15 is 0 Å². The Morgan fingerprint density at radius 2 is 2.25 bits per heavy atom. The zero-order valence-corrected chi connectivity index (χ0v) is 10.2. The predicted molar refractivity (Wildman–Crippen MR) is 29.0 cm³/mol. The molecule has 0 saturated carbocycles. The molecule has 0 radical (unpaired) electrons. The van der Waals surface area contributed by atoms with Crippen LogP contribution in [0.15, 0.2) is 11.4 Å². The maximum atomic E-state index is 5.67. The minimum absolute atomic E-state index is 0. The molecule has 0 fully saturated rings. The van der Waals surface area contributed by atoms with E-state index in [-0.39, 0.29) is 17.0 Å². The van der Waals surface area contributed by atoms with Crippen LogP contribution < -0.4 is 20.5 Å². The Balaban J connectivity index is 0.000000490. The van der Waals surface area contributed by atoms with E-state index in [1.54, 1.807) is 11.3 Å². The molecule has 0 saturated heterocycles. The number of hydrogen-bond donors (Lipinski definition) is 0. The van der Waals surface area contributed by atoms with Crippen molar-refractivity contribution in [1.29, 1.82) is 0 Å². The fourth-order valence-electron chi connectivity index (χ4n) is 0.325. The summed E-state index contributed by atoms with van der Waals surface area (Å²) in [6, 6.07) is 1.94. The first-order valence-corrected chi connectivity index (χ1v) is 4.60. The quantitative estimate of drug-likeness (QED) is 0.504. The van der Waals surface area contributed by atoms with Gasteiger partial charge in [0, 0.05) is 0 Å². The van der Waals surface area contributed by atoms with Crippen LogP contribution in [0.3, 0.4) is 0 Å². The van der Waals surface area contributed by atoms with Gasteiger partial charge in [0.2, 0.25) is 0 Å². The molecule has 0 aliphatic heterocycles. The van der Waals surface area contributed by atoms with Crippen LogP contribution >= 0.6 is 22.9 Å². The van der Waals surface area contributed by atoms with E-state index in [1.165, 1.54) is 21.8 Å². The van der Waals surface area contributed by atoms with Crippen molar-refractivity contribution in [2.75, 3.05) is 0 Å². The number of thiophene rings is 1. The maximum absolute atomic E-state index is 5.67. The summed E-state index contributed by atoms with van der Waals surface area (Å²) in [5, 5.41) is 2.95. The van der Waals surface area contributed by atoms with Crippen LogP contribution in [0.1, 0.15) is 0 Å². The second kappa shape index (κ2) is 4.00. The molecule has 0 aromatic carbocycles. The van der Waals surface area contributed by atoms with Crippen molar-refractivity contribution in [3.63, 3.8) is 0 Å². The molecule has 0 unspecified atom stereocenters. The van der Waals surface area contributed by atoms with Crippen molar-refractivity contribution in [3.05, 3.63) is 16.5 Å². The average molecular weight is 263 g/mol. The van der Waals surface area contributed by atoms with E-state index in [0.29, 0.717) is 0 Å². The van der Waals surface area contributed by atoms with Gasteiger partial charge in [0.25, 0.3) is 0 Å².